The van der Waals surface area contributed by atoms with E-state index in [-0.39, 0.29) is 6.54 Å². The Balaban J connectivity index is 3.07. The van der Waals surface area contributed by atoms with E-state index in [1.54, 1.807) is 6.08 Å². The Hall–Kier alpha value is -1.09. The number of methoxy groups -OCH3 is 1. The Labute approximate surface area is 124 Å². The van der Waals surface area contributed by atoms with Crippen LogP contribution in [-0.2, 0) is 20.5 Å². The van der Waals surface area contributed by atoms with E-state index in [9.17, 15) is 9.36 Å². The molecule has 4 nitrogen and oxygen atoms in total. The lowest BCUT2D eigenvalue weighted by atomic mass is 10.1. The summed E-state index contributed by atoms with van der Waals surface area (Å²) in [6.07, 6.45) is 1.95. The molecule has 6 heteroatoms. The smallest absolute Gasteiger partial charge is 0.323 e. The lowest BCUT2D eigenvalue weighted by Crippen LogP contribution is -2.40. The maximum Gasteiger partial charge on any atom is 0.323 e. The van der Waals surface area contributed by atoms with Gasteiger partial charge in [-0.1, -0.05) is 36.4 Å². The minimum Gasteiger partial charge on any atom is -0.468 e. The summed E-state index contributed by atoms with van der Waals surface area (Å²) in [6, 6.07) is 8.76. The second-order valence-corrected chi connectivity index (χ2v) is 8.37. The number of ether oxygens (including phenoxy) is 1. The standard InChI is InChI=1S/C14H19ClNO3P/c1-4-10-16(20(3,15)18)13(14(17)19-2)11-12-8-6-5-7-9-12/h4-9,13H,1,10-11H2,2-3H3/t13-,20-/m0/s1. The van der Waals surface area contributed by atoms with Gasteiger partial charge in [0.25, 0.3) is 0 Å². The van der Waals surface area contributed by atoms with Crippen LogP contribution in [0.25, 0.3) is 0 Å². The molecule has 0 heterocycles. The van der Waals surface area contributed by atoms with Crippen molar-refractivity contribution in [3.63, 3.8) is 0 Å². The number of carbonyl (C=O) groups excluding carboxylic acids is 1. The van der Waals surface area contributed by atoms with Crippen molar-refractivity contribution in [1.29, 1.82) is 0 Å². The second kappa shape index (κ2) is 7.63. The van der Waals surface area contributed by atoms with Crippen molar-refractivity contribution in [2.45, 2.75) is 12.5 Å². The van der Waals surface area contributed by atoms with Gasteiger partial charge >= 0.3 is 5.97 Å². The van der Waals surface area contributed by atoms with Gasteiger partial charge in [0.1, 0.15) is 6.04 Å². The van der Waals surface area contributed by atoms with Gasteiger partial charge in [0.2, 0.25) is 6.65 Å². The van der Waals surface area contributed by atoms with Crippen molar-refractivity contribution in [2.75, 3.05) is 20.3 Å². The van der Waals surface area contributed by atoms with Gasteiger partial charge in [-0.3, -0.25) is 9.36 Å². The van der Waals surface area contributed by atoms with Crippen LogP contribution in [0.3, 0.4) is 0 Å². The van der Waals surface area contributed by atoms with E-state index in [0.717, 1.165) is 5.56 Å². The van der Waals surface area contributed by atoms with E-state index < -0.39 is 18.7 Å². The van der Waals surface area contributed by atoms with Gasteiger partial charge in [-0.25, -0.2) is 4.67 Å². The first-order chi connectivity index (χ1) is 9.40. The van der Waals surface area contributed by atoms with E-state index >= 15 is 0 Å². The van der Waals surface area contributed by atoms with Crippen LogP contribution in [0.2, 0.25) is 0 Å². The molecular formula is C14H19ClNO3P. The normalized spacial score (nSPS) is 15.4. The molecule has 0 spiro atoms. The Bertz CT molecular complexity index is 500. The van der Waals surface area contributed by atoms with Gasteiger partial charge in [-0.2, -0.15) is 0 Å². The number of hydrogen-bond donors (Lipinski definition) is 0. The summed E-state index contributed by atoms with van der Waals surface area (Å²) in [7, 11) is 1.31. The first-order valence-corrected chi connectivity index (χ1v) is 9.18. The summed E-state index contributed by atoms with van der Waals surface area (Å²) in [5.74, 6) is -0.460. The van der Waals surface area contributed by atoms with E-state index in [4.69, 9.17) is 16.0 Å². The van der Waals surface area contributed by atoms with Crippen molar-refractivity contribution in [2.24, 2.45) is 0 Å². The highest BCUT2D eigenvalue weighted by Gasteiger charge is 2.34. The highest BCUT2D eigenvalue weighted by molar-refractivity contribution is 7.86. The molecule has 0 saturated heterocycles. The second-order valence-electron chi connectivity index (χ2n) is 4.42. The Kier molecular flexibility index (Phi) is 6.47. The predicted molar refractivity (Wildman–Crippen MR) is 82.2 cm³/mol. The summed E-state index contributed by atoms with van der Waals surface area (Å²) in [6.45, 7) is 2.17. The zero-order chi connectivity index (χ0) is 15.2. The molecule has 0 saturated carbocycles. The number of benzene rings is 1. The molecule has 0 aromatic heterocycles. The molecule has 20 heavy (non-hydrogen) atoms. The Morgan fingerprint density at radius 3 is 2.55 bits per heavy atom. The van der Waals surface area contributed by atoms with Crippen LogP contribution in [0.15, 0.2) is 43.0 Å². The SMILES string of the molecule is C=CCN([C@@H](Cc1ccccc1)C(=O)OC)[P@@](C)(=O)Cl. The monoisotopic (exact) mass is 315 g/mol. The third-order valence-electron chi connectivity index (χ3n) is 2.88. The molecule has 0 fully saturated rings. The lowest BCUT2D eigenvalue weighted by molar-refractivity contribution is -0.145. The van der Waals surface area contributed by atoms with Crippen LogP contribution in [0, 0.1) is 0 Å². The van der Waals surface area contributed by atoms with Gasteiger partial charge in [0, 0.05) is 13.2 Å². The summed E-state index contributed by atoms with van der Waals surface area (Å²) >= 11 is 5.97. The van der Waals surface area contributed by atoms with E-state index in [1.807, 2.05) is 30.3 Å². The van der Waals surface area contributed by atoms with Crippen molar-refractivity contribution in [3.8, 4) is 0 Å². The molecule has 0 radical (unpaired) electrons. The third kappa shape index (κ3) is 4.78. The summed E-state index contributed by atoms with van der Waals surface area (Å²) in [5, 5.41) is 0. The molecule has 1 aromatic rings. The van der Waals surface area contributed by atoms with Gasteiger partial charge in [0.05, 0.1) is 7.11 Å². The molecular weight excluding hydrogens is 297 g/mol. The van der Waals surface area contributed by atoms with Crippen molar-refractivity contribution >= 4 is 23.9 Å². The van der Waals surface area contributed by atoms with Crippen molar-refractivity contribution in [3.05, 3.63) is 48.6 Å². The minimum absolute atomic E-state index is 0.254. The van der Waals surface area contributed by atoms with Crippen LogP contribution in [0.4, 0.5) is 0 Å². The largest absolute Gasteiger partial charge is 0.468 e. The zero-order valence-electron chi connectivity index (χ0n) is 11.7. The molecule has 0 amide bonds. The fourth-order valence-electron chi connectivity index (χ4n) is 1.94. The number of halogens is 1. The van der Waals surface area contributed by atoms with Gasteiger partial charge < -0.3 is 4.74 Å². The van der Waals surface area contributed by atoms with Crippen LogP contribution < -0.4 is 0 Å². The van der Waals surface area contributed by atoms with Gasteiger partial charge in [-0.15, -0.1) is 6.58 Å². The topological polar surface area (TPSA) is 46.6 Å². The maximum absolute atomic E-state index is 12.2. The highest BCUT2D eigenvalue weighted by Crippen LogP contribution is 2.52. The van der Waals surface area contributed by atoms with Crippen LogP contribution in [-0.4, -0.2) is 37.0 Å². The zero-order valence-corrected chi connectivity index (χ0v) is 13.3. The fraction of sp³-hybridized carbons (Fsp3) is 0.357. The van der Waals surface area contributed by atoms with Crippen molar-refractivity contribution in [1.82, 2.24) is 4.67 Å². The minimum atomic E-state index is -3.12. The molecule has 0 N–H and O–H groups in total. The molecule has 0 aliphatic carbocycles. The highest BCUT2D eigenvalue weighted by atomic mass is 35.7. The van der Waals surface area contributed by atoms with Gasteiger partial charge in [0.15, 0.2) is 0 Å². The third-order valence-corrected chi connectivity index (χ3v) is 4.82. The average molecular weight is 316 g/mol. The van der Waals surface area contributed by atoms with E-state index in [0.29, 0.717) is 6.42 Å². The Morgan fingerprint density at radius 2 is 2.10 bits per heavy atom. The fourth-order valence-corrected chi connectivity index (χ4v) is 3.52. The van der Waals surface area contributed by atoms with Crippen LogP contribution >= 0.6 is 17.9 Å². The molecule has 0 bridgehead atoms. The summed E-state index contributed by atoms with van der Waals surface area (Å²) in [4.78, 5) is 12.0. The van der Waals surface area contributed by atoms with Gasteiger partial charge in [-0.05, 0) is 23.2 Å². The first kappa shape index (κ1) is 17.0. The van der Waals surface area contributed by atoms with Crippen LogP contribution in [0.1, 0.15) is 5.56 Å². The number of rotatable bonds is 7. The molecule has 0 unspecified atom stereocenters. The van der Waals surface area contributed by atoms with E-state index in [1.165, 1.54) is 18.4 Å². The number of carbonyl (C=O) groups is 1. The maximum atomic E-state index is 12.2. The molecule has 1 rings (SSSR count). The predicted octanol–water partition coefficient (Wildman–Crippen LogP) is 3.32. The lowest BCUT2D eigenvalue weighted by Gasteiger charge is -2.30. The molecule has 2 atom stereocenters. The average Bonchev–Trinajstić information content (AvgIpc) is 2.41. The number of hydrogen-bond acceptors (Lipinski definition) is 3. The number of esters is 1. The van der Waals surface area contributed by atoms with E-state index in [2.05, 4.69) is 6.58 Å². The molecule has 1 aromatic carbocycles. The molecule has 0 aliphatic rings. The summed E-state index contributed by atoms with van der Waals surface area (Å²) in [5.41, 5.74) is 0.946. The Morgan fingerprint density at radius 1 is 1.50 bits per heavy atom. The van der Waals surface area contributed by atoms with Crippen LogP contribution in [0.5, 0.6) is 0 Å². The molecule has 0 aliphatic heterocycles. The van der Waals surface area contributed by atoms with Crippen molar-refractivity contribution < 1.29 is 14.1 Å². The summed E-state index contributed by atoms with van der Waals surface area (Å²) < 4.78 is 18.4. The quantitative estimate of drug-likeness (QED) is 0.440. The molecule has 110 valence electrons. The first-order valence-electron chi connectivity index (χ1n) is 6.17. The number of nitrogens with zero attached hydrogens (tertiary/aromatic N) is 1.